The summed E-state index contributed by atoms with van der Waals surface area (Å²) in [6.07, 6.45) is -4.44. The minimum atomic E-state index is -4.44. The average molecular weight is 432 g/mol. The highest BCUT2D eigenvalue weighted by atomic mass is 19.4. The Morgan fingerprint density at radius 3 is 2.48 bits per heavy atom. The molecule has 0 unspecified atom stereocenters. The topological polar surface area (TPSA) is 69.5 Å². The molecular formula is C22H19F3N2O4. The predicted molar refractivity (Wildman–Crippen MR) is 108 cm³/mol. The predicted octanol–water partition coefficient (Wildman–Crippen LogP) is 4.17. The van der Waals surface area contributed by atoms with E-state index in [1.54, 1.807) is 31.2 Å². The van der Waals surface area contributed by atoms with Crippen LogP contribution in [0, 0.1) is 11.8 Å². The van der Waals surface area contributed by atoms with Crippen molar-refractivity contribution in [2.75, 3.05) is 14.2 Å². The van der Waals surface area contributed by atoms with Crippen molar-refractivity contribution in [2.24, 2.45) is 10.3 Å². The Kier molecular flexibility index (Phi) is 8.20. The Labute approximate surface area is 177 Å². The molecule has 0 fully saturated rings. The van der Waals surface area contributed by atoms with E-state index >= 15 is 0 Å². The smallest absolute Gasteiger partial charge is 0.416 e. The highest BCUT2D eigenvalue weighted by molar-refractivity contribution is 6.43. The van der Waals surface area contributed by atoms with Gasteiger partial charge in [0.1, 0.15) is 19.4 Å². The van der Waals surface area contributed by atoms with Crippen LogP contribution in [0.2, 0.25) is 0 Å². The van der Waals surface area contributed by atoms with Crippen molar-refractivity contribution in [3.63, 3.8) is 0 Å². The molecule has 2 rings (SSSR count). The van der Waals surface area contributed by atoms with Gasteiger partial charge in [0.2, 0.25) is 0 Å². The second kappa shape index (κ2) is 10.8. The number of rotatable bonds is 6. The molecule has 0 spiro atoms. The molecule has 0 saturated heterocycles. The fourth-order valence-electron chi connectivity index (χ4n) is 2.42. The lowest BCUT2D eigenvalue weighted by Gasteiger charge is -2.09. The first-order chi connectivity index (χ1) is 14.8. The fourth-order valence-corrected chi connectivity index (χ4v) is 2.42. The van der Waals surface area contributed by atoms with Crippen LogP contribution in [0.15, 0.2) is 58.8 Å². The van der Waals surface area contributed by atoms with Crippen molar-refractivity contribution < 1.29 is 32.4 Å². The zero-order chi connectivity index (χ0) is 22.9. The number of esters is 1. The van der Waals surface area contributed by atoms with Gasteiger partial charge in [0.05, 0.1) is 12.7 Å². The van der Waals surface area contributed by atoms with Gasteiger partial charge in [0.15, 0.2) is 5.71 Å². The average Bonchev–Trinajstić information content (AvgIpc) is 2.75. The molecule has 31 heavy (non-hydrogen) atoms. The summed E-state index contributed by atoms with van der Waals surface area (Å²) >= 11 is 0. The molecule has 0 N–H and O–H groups in total. The molecule has 0 amide bonds. The number of methoxy groups -OCH3 is 1. The largest absolute Gasteiger partial charge is 0.464 e. The van der Waals surface area contributed by atoms with Crippen LogP contribution >= 0.6 is 0 Å². The molecule has 162 valence electrons. The standard InChI is InChI=1S/C22H19F3N2O4/c1-15(11-12-16-7-6-9-18(13-16)22(23,24)25)26-31-14-17-8-4-5-10-19(17)20(27-30-3)21(28)29-2/h4-10,13H,14H2,1-3H3/b26-15+,27-20+. The number of hydrogen-bond acceptors (Lipinski definition) is 6. The van der Waals surface area contributed by atoms with Gasteiger partial charge in [-0.05, 0) is 31.0 Å². The van der Waals surface area contributed by atoms with Gasteiger partial charge >= 0.3 is 12.1 Å². The third kappa shape index (κ3) is 6.89. The molecule has 2 aromatic carbocycles. The first-order valence-electron chi connectivity index (χ1n) is 8.89. The van der Waals surface area contributed by atoms with Gasteiger partial charge in [0, 0.05) is 16.7 Å². The molecule has 0 bridgehead atoms. The monoisotopic (exact) mass is 432 g/mol. The third-order valence-corrected chi connectivity index (χ3v) is 3.83. The number of carbonyl (C=O) groups excluding carboxylic acids is 1. The van der Waals surface area contributed by atoms with Crippen molar-refractivity contribution in [1.82, 2.24) is 0 Å². The molecule has 2 aromatic rings. The molecule has 0 aliphatic carbocycles. The van der Waals surface area contributed by atoms with Crippen LogP contribution in [0.1, 0.15) is 29.2 Å². The third-order valence-electron chi connectivity index (χ3n) is 3.83. The first-order valence-corrected chi connectivity index (χ1v) is 8.89. The second-order valence-corrected chi connectivity index (χ2v) is 6.05. The maximum absolute atomic E-state index is 12.8. The van der Waals surface area contributed by atoms with E-state index in [1.165, 1.54) is 26.4 Å². The summed E-state index contributed by atoms with van der Waals surface area (Å²) in [5.74, 6) is 4.58. The highest BCUT2D eigenvalue weighted by Gasteiger charge is 2.30. The molecule has 0 aliphatic rings. The maximum Gasteiger partial charge on any atom is 0.416 e. The van der Waals surface area contributed by atoms with E-state index in [2.05, 4.69) is 22.2 Å². The maximum atomic E-state index is 12.8. The molecule has 6 nitrogen and oxygen atoms in total. The molecular weight excluding hydrogens is 413 g/mol. The number of benzene rings is 2. The minimum absolute atomic E-state index is 0.0154. The molecule has 0 aliphatic heterocycles. The minimum Gasteiger partial charge on any atom is -0.464 e. The summed E-state index contributed by atoms with van der Waals surface area (Å²) < 4.78 is 43.0. The van der Waals surface area contributed by atoms with E-state index in [9.17, 15) is 18.0 Å². The number of hydrogen-bond donors (Lipinski definition) is 0. The first kappa shape index (κ1) is 23.5. The summed E-state index contributed by atoms with van der Waals surface area (Å²) in [6, 6.07) is 11.5. The van der Waals surface area contributed by atoms with Crippen molar-refractivity contribution >= 4 is 17.4 Å². The van der Waals surface area contributed by atoms with Crippen LogP contribution in [0.5, 0.6) is 0 Å². The summed E-state index contributed by atoms with van der Waals surface area (Å²) in [5, 5.41) is 7.56. The molecule has 0 radical (unpaired) electrons. The van der Waals surface area contributed by atoms with Gasteiger partial charge < -0.3 is 14.4 Å². The van der Waals surface area contributed by atoms with E-state index in [4.69, 9.17) is 14.4 Å². The van der Waals surface area contributed by atoms with Crippen LogP contribution in [-0.2, 0) is 32.0 Å². The van der Waals surface area contributed by atoms with Crippen molar-refractivity contribution in [2.45, 2.75) is 19.7 Å². The SMILES string of the molecule is CO/N=C(/C(=O)OC)c1ccccc1CO/N=C(\C)C#Cc1cccc(C(F)(F)F)c1. The molecule has 0 saturated carbocycles. The Morgan fingerprint density at radius 2 is 1.81 bits per heavy atom. The van der Waals surface area contributed by atoms with E-state index in [0.717, 1.165) is 12.1 Å². The number of ether oxygens (including phenoxy) is 1. The van der Waals surface area contributed by atoms with Crippen LogP contribution in [0.3, 0.4) is 0 Å². The van der Waals surface area contributed by atoms with Gasteiger partial charge in [0.25, 0.3) is 0 Å². The quantitative estimate of drug-likeness (QED) is 0.297. The Hall–Kier alpha value is -3.80. The van der Waals surface area contributed by atoms with E-state index in [-0.39, 0.29) is 23.6 Å². The van der Waals surface area contributed by atoms with Gasteiger partial charge in [-0.25, -0.2) is 4.79 Å². The molecule has 0 aromatic heterocycles. The van der Waals surface area contributed by atoms with E-state index < -0.39 is 17.7 Å². The molecule has 0 heterocycles. The zero-order valence-electron chi connectivity index (χ0n) is 17.0. The second-order valence-electron chi connectivity index (χ2n) is 6.05. The number of halogens is 3. The van der Waals surface area contributed by atoms with E-state index in [1.807, 2.05) is 0 Å². The number of oxime groups is 2. The van der Waals surface area contributed by atoms with Crippen LogP contribution < -0.4 is 0 Å². The lowest BCUT2D eigenvalue weighted by molar-refractivity contribution is -0.137. The zero-order valence-corrected chi connectivity index (χ0v) is 17.0. The lowest BCUT2D eigenvalue weighted by Crippen LogP contribution is -2.19. The number of alkyl halides is 3. The highest BCUT2D eigenvalue weighted by Crippen LogP contribution is 2.29. The fraction of sp³-hybridized carbons (Fsp3) is 0.227. The van der Waals surface area contributed by atoms with Crippen molar-refractivity contribution in [3.05, 3.63) is 70.8 Å². The Morgan fingerprint density at radius 1 is 1.06 bits per heavy atom. The van der Waals surface area contributed by atoms with E-state index in [0.29, 0.717) is 11.1 Å². The van der Waals surface area contributed by atoms with Crippen molar-refractivity contribution in [3.8, 4) is 11.8 Å². The van der Waals surface area contributed by atoms with Gasteiger partial charge in [-0.15, -0.1) is 0 Å². The molecule has 9 heteroatoms. The van der Waals surface area contributed by atoms with Gasteiger partial charge in [-0.3, -0.25) is 0 Å². The van der Waals surface area contributed by atoms with Crippen LogP contribution in [-0.4, -0.2) is 31.6 Å². The summed E-state index contributed by atoms with van der Waals surface area (Å²) in [7, 11) is 2.53. The van der Waals surface area contributed by atoms with Gasteiger partial charge in [-0.1, -0.05) is 46.6 Å². The summed E-state index contributed by atoms with van der Waals surface area (Å²) in [6.45, 7) is 1.54. The number of carbonyl (C=O) groups is 1. The summed E-state index contributed by atoms with van der Waals surface area (Å²) in [5.41, 5.74) is 0.683. The Bertz CT molecular complexity index is 1050. The van der Waals surface area contributed by atoms with Crippen LogP contribution in [0.25, 0.3) is 0 Å². The number of nitrogens with zero attached hydrogens (tertiary/aromatic N) is 2. The van der Waals surface area contributed by atoms with Crippen LogP contribution in [0.4, 0.5) is 13.2 Å². The normalized spacial score (nSPS) is 11.9. The molecule has 0 atom stereocenters. The lowest BCUT2D eigenvalue weighted by atomic mass is 10.0. The van der Waals surface area contributed by atoms with Gasteiger partial charge in [-0.2, -0.15) is 13.2 Å². The summed E-state index contributed by atoms with van der Waals surface area (Å²) in [4.78, 5) is 22.0. The van der Waals surface area contributed by atoms with Crippen molar-refractivity contribution in [1.29, 1.82) is 0 Å². The Balaban J connectivity index is 2.13.